The number of hydrogen-bond donors (Lipinski definition) is 0. The van der Waals surface area contributed by atoms with Gasteiger partial charge in [0, 0.05) is 18.7 Å². The second kappa shape index (κ2) is 6.84. The summed E-state index contributed by atoms with van der Waals surface area (Å²) in [5.41, 5.74) is 2.79. The fourth-order valence-electron chi connectivity index (χ4n) is 3.15. The number of nitrogens with zero attached hydrogens (tertiary/aromatic N) is 2. The van der Waals surface area contributed by atoms with E-state index in [2.05, 4.69) is 0 Å². The number of carbonyl (C=O) groups is 1. The Morgan fingerprint density at radius 3 is 2.71 bits per heavy atom. The Bertz CT molecular complexity index is 792. The van der Waals surface area contributed by atoms with E-state index in [1.165, 1.54) is 0 Å². The van der Waals surface area contributed by atoms with Gasteiger partial charge in [-0.1, -0.05) is 12.1 Å². The average Bonchev–Trinajstić information content (AvgIpc) is 3.06. The molecule has 1 atom stereocenters. The average molecular weight is 322 g/mol. The number of hydrogen-bond acceptors (Lipinski definition) is 2. The molecule has 122 valence electrons. The third kappa shape index (κ3) is 3.46. The topological polar surface area (TPSA) is 44.1 Å². The number of nitriles is 1. The van der Waals surface area contributed by atoms with Crippen molar-refractivity contribution in [3.8, 4) is 6.07 Å². The Morgan fingerprint density at radius 1 is 1.29 bits per heavy atom. The predicted octanol–water partition coefficient (Wildman–Crippen LogP) is 3.71. The number of carbonyl (C=O) groups excluding carboxylic acids is 1. The van der Waals surface area contributed by atoms with Gasteiger partial charge in [0.15, 0.2) is 0 Å². The molecule has 1 aliphatic heterocycles. The second-order valence-electron chi connectivity index (χ2n) is 6.38. The molecule has 1 heterocycles. The Kier molecular flexibility index (Phi) is 4.61. The molecule has 0 spiro atoms. The quantitative estimate of drug-likeness (QED) is 0.864. The molecule has 1 unspecified atom stereocenters. The minimum absolute atomic E-state index is 0.00271. The van der Waals surface area contributed by atoms with Gasteiger partial charge >= 0.3 is 0 Å². The van der Waals surface area contributed by atoms with Crippen molar-refractivity contribution in [3.63, 3.8) is 0 Å². The molecule has 24 heavy (non-hydrogen) atoms. The monoisotopic (exact) mass is 322 g/mol. The van der Waals surface area contributed by atoms with Gasteiger partial charge in [0.2, 0.25) is 0 Å². The van der Waals surface area contributed by atoms with Crippen molar-refractivity contribution in [1.29, 1.82) is 5.26 Å². The predicted molar refractivity (Wildman–Crippen MR) is 90.0 cm³/mol. The van der Waals surface area contributed by atoms with E-state index >= 15 is 0 Å². The summed E-state index contributed by atoms with van der Waals surface area (Å²) in [4.78, 5) is 14.4. The molecule has 1 fully saturated rings. The molecule has 3 nitrogen and oxygen atoms in total. The first-order valence-corrected chi connectivity index (χ1v) is 8.11. The van der Waals surface area contributed by atoms with Crippen LogP contribution in [0.25, 0.3) is 0 Å². The highest BCUT2D eigenvalue weighted by atomic mass is 19.1. The molecule has 0 aromatic heterocycles. The van der Waals surface area contributed by atoms with E-state index in [-0.39, 0.29) is 11.7 Å². The van der Waals surface area contributed by atoms with Gasteiger partial charge in [0.05, 0.1) is 11.6 Å². The summed E-state index contributed by atoms with van der Waals surface area (Å²) in [6.45, 7) is 3.17. The second-order valence-corrected chi connectivity index (χ2v) is 6.38. The van der Waals surface area contributed by atoms with Crippen LogP contribution in [-0.2, 0) is 6.42 Å². The minimum atomic E-state index is -0.170. The van der Waals surface area contributed by atoms with E-state index in [0.717, 1.165) is 24.9 Å². The summed E-state index contributed by atoms with van der Waals surface area (Å²) in [6, 6.07) is 14.1. The number of aryl methyl sites for hydroxylation is 1. The van der Waals surface area contributed by atoms with Crippen molar-refractivity contribution in [1.82, 2.24) is 4.90 Å². The van der Waals surface area contributed by atoms with Crippen molar-refractivity contribution in [3.05, 3.63) is 70.5 Å². The summed E-state index contributed by atoms with van der Waals surface area (Å²) in [6.07, 6.45) is 1.71. The molecule has 1 amide bonds. The van der Waals surface area contributed by atoms with Crippen LogP contribution >= 0.6 is 0 Å². The normalized spacial score (nSPS) is 16.9. The Morgan fingerprint density at radius 2 is 2.04 bits per heavy atom. The van der Waals surface area contributed by atoms with Crippen molar-refractivity contribution >= 4 is 5.91 Å². The lowest BCUT2D eigenvalue weighted by atomic mass is 9.98. The number of likely N-dealkylation sites (tertiary alicyclic amines) is 1. The zero-order chi connectivity index (χ0) is 17.1. The van der Waals surface area contributed by atoms with E-state index in [9.17, 15) is 9.18 Å². The highest BCUT2D eigenvalue weighted by molar-refractivity contribution is 5.94. The van der Waals surface area contributed by atoms with Crippen molar-refractivity contribution in [2.24, 2.45) is 5.92 Å². The third-order valence-corrected chi connectivity index (χ3v) is 4.59. The summed E-state index contributed by atoms with van der Waals surface area (Å²) in [5, 5.41) is 8.82. The Balaban J connectivity index is 1.62. The molecule has 0 bridgehead atoms. The third-order valence-electron chi connectivity index (χ3n) is 4.59. The fraction of sp³-hybridized carbons (Fsp3) is 0.300. The molecule has 1 saturated heterocycles. The maximum Gasteiger partial charge on any atom is 0.253 e. The molecule has 4 heteroatoms. The van der Waals surface area contributed by atoms with E-state index < -0.39 is 0 Å². The maximum absolute atomic E-state index is 13.7. The summed E-state index contributed by atoms with van der Waals surface area (Å²) in [7, 11) is 0. The first-order valence-electron chi connectivity index (χ1n) is 8.11. The molecule has 0 radical (unpaired) electrons. The first-order chi connectivity index (χ1) is 11.6. The van der Waals surface area contributed by atoms with Crippen LogP contribution in [0.4, 0.5) is 4.39 Å². The van der Waals surface area contributed by atoms with Gasteiger partial charge in [0.25, 0.3) is 5.91 Å². The van der Waals surface area contributed by atoms with E-state index in [1.807, 2.05) is 17.0 Å². The van der Waals surface area contributed by atoms with Crippen LogP contribution in [-0.4, -0.2) is 23.9 Å². The molecule has 0 aliphatic carbocycles. The van der Waals surface area contributed by atoms with Crippen molar-refractivity contribution < 1.29 is 9.18 Å². The van der Waals surface area contributed by atoms with Crippen LogP contribution in [0.1, 0.15) is 33.5 Å². The van der Waals surface area contributed by atoms with Crippen molar-refractivity contribution in [2.45, 2.75) is 19.8 Å². The van der Waals surface area contributed by atoms with Gasteiger partial charge in [-0.2, -0.15) is 5.26 Å². The molecule has 2 aromatic carbocycles. The lowest BCUT2D eigenvalue weighted by Gasteiger charge is -2.17. The Hall–Kier alpha value is -2.67. The van der Waals surface area contributed by atoms with Crippen LogP contribution < -0.4 is 0 Å². The highest BCUT2D eigenvalue weighted by Crippen LogP contribution is 2.23. The number of halogens is 1. The zero-order valence-corrected chi connectivity index (χ0v) is 13.6. The summed E-state index contributed by atoms with van der Waals surface area (Å²) >= 11 is 0. The van der Waals surface area contributed by atoms with Gasteiger partial charge in [-0.05, 0) is 67.1 Å². The van der Waals surface area contributed by atoms with Gasteiger partial charge in [-0.25, -0.2) is 4.39 Å². The van der Waals surface area contributed by atoms with Gasteiger partial charge in [-0.3, -0.25) is 4.79 Å². The smallest absolute Gasteiger partial charge is 0.253 e. The standard InChI is InChI=1S/C20H19FN2O/c1-14-2-3-16(11-19(14)21)10-17-8-9-23(13-17)20(24)18-6-4-15(12-22)5-7-18/h2-7,11,17H,8-10,13H2,1H3. The van der Waals surface area contributed by atoms with E-state index in [4.69, 9.17) is 5.26 Å². The molecule has 3 rings (SSSR count). The number of amides is 1. The lowest BCUT2D eigenvalue weighted by molar-refractivity contribution is 0.0787. The van der Waals surface area contributed by atoms with Crippen LogP contribution in [0.15, 0.2) is 42.5 Å². The van der Waals surface area contributed by atoms with Gasteiger partial charge < -0.3 is 4.90 Å². The SMILES string of the molecule is Cc1ccc(CC2CCN(C(=O)c3ccc(C#N)cc3)C2)cc1F. The van der Waals surface area contributed by atoms with Crippen LogP contribution in [0, 0.1) is 30.0 Å². The summed E-state index contributed by atoms with van der Waals surface area (Å²) < 4.78 is 13.7. The molecular weight excluding hydrogens is 303 g/mol. The molecule has 0 saturated carbocycles. The number of rotatable bonds is 3. The van der Waals surface area contributed by atoms with Crippen LogP contribution in [0.5, 0.6) is 0 Å². The highest BCUT2D eigenvalue weighted by Gasteiger charge is 2.27. The minimum Gasteiger partial charge on any atom is -0.338 e. The van der Waals surface area contributed by atoms with E-state index in [1.54, 1.807) is 43.3 Å². The zero-order valence-electron chi connectivity index (χ0n) is 13.6. The molecule has 1 aliphatic rings. The molecule has 2 aromatic rings. The molecule has 0 N–H and O–H groups in total. The number of benzene rings is 2. The van der Waals surface area contributed by atoms with Crippen LogP contribution in [0.2, 0.25) is 0 Å². The van der Waals surface area contributed by atoms with E-state index in [0.29, 0.717) is 29.2 Å². The Labute approximate surface area is 141 Å². The van der Waals surface area contributed by atoms with Crippen LogP contribution in [0.3, 0.4) is 0 Å². The molecular formula is C20H19FN2O. The van der Waals surface area contributed by atoms with Gasteiger partial charge in [0.1, 0.15) is 5.82 Å². The van der Waals surface area contributed by atoms with Crippen molar-refractivity contribution in [2.75, 3.05) is 13.1 Å². The summed E-state index contributed by atoms with van der Waals surface area (Å²) in [5.74, 6) is 0.183. The largest absolute Gasteiger partial charge is 0.338 e. The lowest BCUT2D eigenvalue weighted by Crippen LogP contribution is -2.28. The fourth-order valence-corrected chi connectivity index (χ4v) is 3.15. The van der Waals surface area contributed by atoms with Gasteiger partial charge in [-0.15, -0.1) is 0 Å². The maximum atomic E-state index is 13.7. The first kappa shape index (κ1) is 16.2.